The molecule has 1 heterocycles. The Bertz CT molecular complexity index is 824. The van der Waals surface area contributed by atoms with Crippen LogP contribution in [0.3, 0.4) is 0 Å². The molecule has 1 aromatic rings. The van der Waals surface area contributed by atoms with Crippen molar-refractivity contribution in [2.24, 2.45) is 5.73 Å². The highest BCUT2D eigenvalue weighted by Crippen LogP contribution is 2.36. The summed E-state index contributed by atoms with van der Waals surface area (Å²) < 4.78 is 41.0. The Hall–Kier alpha value is -2.13. The number of piperidine rings is 1. The zero-order valence-corrected chi connectivity index (χ0v) is 20.4. The zero-order chi connectivity index (χ0) is 24.8. The van der Waals surface area contributed by atoms with Gasteiger partial charge in [0.05, 0.1) is 11.6 Å². The smallest absolute Gasteiger partial charge is 0.407 e. The molecule has 10 heteroatoms. The summed E-state index contributed by atoms with van der Waals surface area (Å²) in [5.74, 6) is -4.33. The second kappa shape index (κ2) is 11.3. The zero-order valence-electron chi connectivity index (χ0n) is 19.6. The number of nitrogens with zero attached hydrogens (tertiary/aromatic N) is 1. The van der Waals surface area contributed by atoms with Crippen molar-refractivity contribution in [3.8, 4) is 5.75 Å². The van der Waals surface area contributed by atoms with Crippen LogP contribution in [0.15, 0.2) is 18.2 Å². The van der Waals surface area contributed by atoms with Gasteiger partial charge in [0.25, 0.3) is 5.92 Å². The highest BCUT2D eigenvalue weighted by Gasteiger charge is 2.46. The maximum Gasteiger partial charge on any atom is 0.407 e. The molecule has 0 aromatic heterocycles. The van der Waals surface area contributed by atoms with Crippen molar-refractivity contribution in [3.05, 3.63) is 28.8 Å². The van der Waals surface area contributed by atoms with Gasteiger partial charge in [-0.3, -0.25) is 4.79 Å². The summed E-state index contributed by atoms with van der Waals surface area (Å²) in [6, 6.07) is 1.34. The summed E-state index contributed by atoms with van der Waals surface area (Å²) in [5, 5.41) is 2.96. The quantitative estimate of drug-likeness (QED) is 0.526. The molecule has 0 radical (unpaired) electrons. The van der Waals surface area contributed by atoms with E-state index in [1.807, 2.05) is 6.92 Å². The first-order valence-electron chi connectivity index (χ1n) is 11.2. The fourth-order valence-electron chi connectivity index (χ4n) is 3.40. The van der Waals surface area contributed by atoms with Crippen LogP contribution in [0.1, 0.15) is 58.9 Å². The molecule has 0 bridgehead atoms. The van der Waals surface area contributed by atoms with E-state index in [4.69, 9.17) is 26.8 Å². The summed E-state index contributed by atoms with van der Waals surface area (Å²) in [5.41, 5.74) is 4.69. The normalized spacial score (nSPS) is 16.3. The van der Waals surface area contributed by atoms with Gasteiger partial charge in [-0.25, -0.2) is 4.79 Å². The molecule has 1 atom stereocenters. The SMILES string of the molecule is CCCCOc1cc(C(F)(F)C(N)C(=O)N2CCC(NC(=O)OC(C)(C)C)CC2)ccc1Cl. The molecule has 1 aliphatic rings. The Kier molecular flexibility index (Phi) is 9.31. The summed E-state index contributed by atoms with van der Waals surface area (Å²) in [7, 11) is 0. The molecule has 33 heavy (non-hydrogen) atoms. The lowest BCUT2D eigenvalue weighted by Crippen LogP contribution is -2.55. The predicted molar refractivity (Wildman–Crippen MR) is 123 cm³/mol. The van der Waals surface area contributed by atoms with E-state index in [9.17, 15) is 9.59 Å². The fourth-order valence-corrected chi connectivity index (χ4v) is 3.57. The Morgan fingerprint density at radius 3 is 2.48 bits per heavy atom. The monoisotopic (exact) mass is 489 g/mol. The van der Waals surface area contributed by atoms with Crippen molar-refractivity contribution < 1.29 is 27.8 Å². The van der Waals surface area contributed by atoms with Crippen LogP contribution < -0.4 is 15.8 Å². The average molecular weight is 490 g/mol. The van der Waals surface area contributed by atoms with Gasteiger partial charge in [0, 0.05) is 24.7 Å². The number of rotatable bonds is 8. The molecule has 1 aliphatic heterocycles. The minimum absolute atomic E-state index is 0.135. The molecule has 7 nitrogen and oxygen atoms in total. The molecular formula is C23H34ClF2N3O4. The second-order valence-corrected chi connectivity index (χ2v) is 9.60. The Morgan fingerprint density at radius 1 is 1.27 bits per heavy atom. The third-order valence-corrected chi connectivity index (χ3v) is 5.57. The highest BCUT2D eigenvalue weighted by atomic mass is 35.5. The number of likely N-dealkylation sites (tertiary alicyclic amines) is 1. The highest BCUT2D eigenvalue weighted by molar-refractivity contribution is 6.32. The van der Waals surface area contributed by atoms with Gasteiger partial charge in [-0.05, 0) is 52.2 Å². The standard InChI is InChI=1S/C23H34ClF2N3O4/c1-5-6-13-32-18-14-15(7-8-17(18)24)23(25,26)19(27)20(30)29-11-9-16(10-12-29)28-21(31)33-22(2,3)4/h7-8,14,16,19H,5-6,9-13,27H2,1-4H3,(H,28,31). The predicted octanol–water partition coefficient (Wildman–Crippen LogP) is 4.45. The van der Waals surface area contributed by atoms with E-state index in [0.717, 1.165) is 25.0 Å². The number of benzene rings is 1. The van der Waals surface area contributed by atoms with Gasteiger partial charge in [-0.2, -0.15) is 8.78 Å². The minimum Gasteiger partial charge on any atom is -0.492 e. The molecule has 0 saturated carbocycles. The Labute approximate surface area is 198 Å². The maximum absolute atomic E-state index is 15.1. The molecule has 3 N–H and O–H groups in total. The van der Waals surface area contributed by atoms with Crippen molar-refractivity contribution in [3.63, 3.8) is 0 Å². The first kappa shape index (κ1) is 27.1. The van der Waals surface area contributed by atoms with Gasteiger partial charge in [0.1, 0.15) is 11.4 Å². The van der Waals surface area contributed by atoms with Gasteiger partial charge < -0.3 is 25.4 Å². The van der Waals surface area contributed by atoms with Crippen molar-refractivity contribution in [1.29, 1.82) is 0 Å². The molecular weight excluding hydrogens is 456 g/mol. The van der Waals surface area contributed by atoms with Gasteiger partial charge in [-0.15, -0.1) is 0 Å². The molecule has 2 rings (SSSR count). The van der Waals surface area contributed by atoms with Crippen LogP contribution in [-0.4, -0.2) is 54.3 Å². The van der Waals surface area contributed by atoms with Gasteiger partial charge in [0.15, 0.2) is 6.04 Å². The van der Waals surface area contributed by atoms with E-state index < -0.39 is 35.1 Å². The van der Waals surface area contributed by atoms with Crippen LogP contribution in [-0.2, 0) is 15.5 Å². The maximum atomic E-state index is 15.1. The average Bonchev–Trinajstić information content (AvgIpc) is 2.73. The number of hydrogen-bond acceptors (Lipinski definition) is 5. The first-order chi connectivity index (χ1) is 15.3. The summed E-state index contributed by atoms with van der Waals surface area (Å²) >= 11 is 6.06. The summed E-state index contributed by atoms with van der Waals surface area (Å²) in [6.45, 7) is 8.02. The molecule has 1 saturated heterocycles. The number of alkyl carbamates (subject to hydrolysis) is 1. The number of unbranched alkanes of at least 4 members (excludes halogenated alkanes) is 1. The number of hydrogen-bond donors (Lipinski definition) is 2. The van der Waals surface area contributed by atoms with Gasteiger partial charge in [0.2, 0.25) is 5.91 Å². The van der Waals surface area contributed by atoms with Crippen molar-refractivity contribution in [1.82, 2.24) is 10.2 Å². The minimum atomic E-state index is -3.61. The topological polar surface area (TPSA) is 93.9 Å². The van der Waals surface area contributed by atoms with E-state index in [-0.39, 0.29) is 29.9 Å². The van der Waals surface area contributed by atoms with Crippen molar-refractivity contribution >= 4 is 23.6 Å². The van der Waals surface area contributed by atoms with E-state index in [2.05, 4.69) is 5.32 Å². The molecule has 0 aliphatic carbocycles. The molecule has 0 spiro atoms. The van der Waals surface area contributed by atoms with Crippen LogP contribution in [0.25, 0.3) is 0 Å². The molecule has 1 unspecified atom stereocenters. The van der Waals surface area contributed by atoms with Crippen molar-refractivity contribution in [2.75, 3.05) is 19.7 Å². The number of amides is 2. The Balaban J connectivity index is 1.99. The third-order valence-electron chi connectivity index (χ3n) is 5.26. The molecule has 1 fully saturated rings. The fraction of sp³-hybridized carbons (Fsp3) is 0.652. The lowest BCUT2D eigenvalue weighted by Gasteiger charge is -2.35. The summed E-state index contributed by atoms with van der Waals surface area (Å²) in [4.78, 5) is 26.0. The van der Waals surface area contributed by atoms with E-state index >= 15 is 8.78 Å². The summed E-state index contributed by atoms with van der Waals surface area (Å²) in [6.07, 6.45) is 1.93. The van der Waals surface area contributed by atoms with Crippen LogP contribution >= 0.6 is 11.6 Å². The number of carbonyl (C=O) groups is 2. The number of carbonyl (C=O) groups excluding carboxylic acids is 2. The number of nitrogens with one attached hydrogen (secondary N) is 1. The van der Waals surface area contributed by atoms with Crippen LogP contribution in [0.2, 0.25) is 5.02 Å². The third kappa shape index (κ3) is 7.71. The van der Waals surface area contributed by atoms with Crippen molar-refractivity contribution in [2.45, 2.75) is 77.0 Å². The Morgan fingerprint density at radius 2 is 1.91 bits per heavy atom. The van der Waals surface area contributed by atoms with Gasteiger partial charge >= 0.3 is 6.09 Å². The van der Waals surface area contributed by atoms with Crippen LogP contribution in [0.4, 0.5) is 13.6 Å². The molecule has 2 amide bonds. The van der Waals surface area contributed by atoms with Crippen LogP contribution in [0, 0.1) is 0 Å². The van der Waals surface area contributed by atoms with E-state index in [1.165, 1.54) is 11.0 Å². The molecule has 1 aromatic carbocycles. The molecule has 186 valence electrons. The van der Waals surface area contributed by atoms with Crippen LogP contribution in [0.5, 0.6) is 5.75 Å². The number of alkyl halides is 2. The number of ether oxygens (including phenoxy) is 2. The van der Waals surface area contributed by atoms with E-state index in [0.29, 0.717) is 19.4 Å². The number of nitrogens with two attached hydrogens (primary N) is 1. The lowest BCUT2D eigenvalue weighted by molar-refractivity contribution is -0.144. The second-order valence-electron chi connectivity index (χ2n) is 9.19. The first-order valence-corrected chi connectivity index (χ1v) is 11.6. The largest absolute Gasteiger partial charge is 0.492 e. The van der Waals surface area contributed by atoms with E-state index in [1.54, 1.807) is 20.8 Å². The number of halogens is 3. The van der Waals surface area contributed by atoms with Gasteiger partial charge in [-0.1, -0.05) is 31.0 Å². The lowest BCUT2D eigenvalue weighted by atomic mass is 9.98.